The molecule has 0 fully saturated rings. The first-order valence-electron chi connectivity index (χ1n) is 5.31. The number of anilines is 1. The summed E-state index contributed by atoms with van der Waals surface area (Å²) in [6, 6.07) is 6.11. The SMILES string of the molecule is CC(C)(CNS(=O)(=O)c1ccccc1N)C(N)=O. The van der Waals surface area contributed by atoms with Crippen molar-refractivity contribution >= 4 is 21.6 Å². The van der Waals surface area contributed by atoms with E-state index in [9.17, 15) is 13.2 Å². The zero-order valence-electron chi connectivity index (χ0n) is 10.3. The van der Waals surface area contributed by atoms with Crippen molar-refractivity contribution in [2.24, 2.45) is 11.1 Å². The fourth-order valence-electron chi connectivity index (χ4n) is 1.17. The molecule has 0 heterocycles. The molecule has 0 radical (unpaired) electrons. The van der Waals surface area contributed by atoms with Gasteiger partial charge in [0.2, 0.25) is 15.9 Å². The average molecular weight is 271 g/mol. The molecule has 1 amide bonds. The van der Waals surface area contributed by atoms with Gasteiger partial charge >= 0.3 is 0 Å². The molecule has 1 rings (SSSR count). The van der Waals surface area contributed by atoms with Crippen molar-refractivity contribution in [3.05, 3.63) is 24.3 Å². The van der Waals surface area contributed by atoms with Crippen LogP contribution in [-0.4, -0.2) is 20.9 Å². The van der Waals surface area contributed by atoms with Gasteiger partial charge in [-0.05, 0) is 26.0 Å². The predicted octanol–water partition coefficient (Wildman–Crippen LogP) is 0.0586. The fraction of sp³-hybridized carbons (Fsp3) is 0.364. The molecule has 0 unspecified atom stereocenters. The van der Waals surface area contributed by atoms with Crippen LogP contribution in [0.25, 0.3) is 0 Å². The lowest BCUT2D eigenvalue weighted by atomic mass is 9.93. The number of sulfonamides is 1. The topological polar surface area (TPSA) is 115 Å². The lowest BCUT2D eigenvalue weighted by Gasteiger charge is -2.20. The van der Waals surface area contributed by atoms with E-state index >= 15 is 0 Å². The predicted molar refractivity (Wildman–Crippen MR) is 69.0 cm³/mol. The maximum atomic E-state index is 12.0. The molecule has 0 saturated heterocycles. The van der Waals surface area contributed by atoms with Crippen LogP contribution in [0.15, 0.2) is 29.2 Å². The van der Waals surface area contributed by atoms with Crippen molar-refractivity contribution < 1.29 is 13.2 Å². The monoisotopic (exact) mass is 271 g/mol. The molecule has 0 spiro atoms. The number of hydrogen-bond donors (Lipinski definition) is 3. The maximum absolute atomic E-state index is 12.0. The Morgan fingerprint density at radius 1 is 1.33 bits per heavy atom. The molecule has 100 valence electrons. The van der Waals surface area contributed by atoms with Crippen LogP contribution >= 0.6 is 0 Å². The number of nitrogens with one attached hydrogen (secondary N) is 1. The maximum Gasteiger partial charge on any atom is 0.242 e. The smallest absolute Gasteiger partial charge is 0.242 e. The molecular formula is C11H17N3O3S. The summed E-state index contributed by atoms with van der Waals surface area (Å²) < 4.78 is 26.3. The lowest BCUT2D eigenvalue weighted by molar-refractivity contribution is -0.125. The van der Waals surface area contributed by atoms with Crippen LogP contribution in [0, 0.1) is 5.41 Å². The molecule has 0 bridgehead atoms. The molecule has 0 aromatic heterocycles. The largest absolute Gasteiger partial charge is 0.398 e. The average Bonchev–Trinajstić information content (AvgIpc) is 2.27. The molecule has 0 aliphatic rings. The molecule has 5 N–H and O–H groups in total. The third-order valence-corrected chi connectivity index (χ3v) is 4.05. The molecular weight excluding hydrogens is 254 g/mol. The van der Waals surface area contributed by atoms with Gasteiger partial charge in [0.15, 0.2) is 0 Å². The first kappa shape index (κ1) is 14.5. The summed E-state index contributed by atoms with van der Waals surface area (Å²) in [6.07, 6.45) is 0. The molecule has 18 heavy (non-hydrogen) atoms. The second kappa shape index (κ2) is 4.95. The summed E-state index contributed by atoms with van der Waals surface area (Å²) in [5.41, 5.74) is 9.96. The summed E-state index contributed by atoms with van der Waals surface area (Å²) in [7, 11) is -3.74. The molecule has 0 aliphatic heterocycles. The van der Waals surface area contributed by atoms with E-state index in [4.69, 9.17) is 11.5 Å². The van der Waals surface area contributed by atoms with Crippen molar-refractivity contribution in [1.29, 1.82) is 0 Å². The van der Waals surface area contributed by atoms with Gasteiger partial charge in [0, 0.05) is 6.54 Å². The molecule has 7 heteroatoms. The summed E-state index contributed by atoms with van der Waals surface area (Å²) in [5.74, 6) is -0.578. The second-order valence-electron chi connectivity index (χ2n) is 4.61. The zero-order valence-corrected chi connectivity index (χ0v) is 11.1. The highest BCUT2D eigenvalue weighted by Gasteiger charge is 2.28. The van der Waals surface area contributed by atoms with E-state index in [1.165, 1.54) is 12.1 Å². The third kappa shape index (κ3) is 3.21. The van der Waals surface area contributed by atoms with E-state index in [-0.39, 0.29) is 17.1 Å². The van der Waals surface area contributed by atoms with Crippen LogP contribution in [0.4, 0.5) is 5.69 Å². The van der Waals surface area contributed by atoms with Crippen LogP contribution in [0.5, 0.6) is 0 Å². The Kier molecular flexibility index (Phi) is 3.98. The van der Waals surface area contributed by atoms with E-state index < -0.39 is 21.3 Å². The van der Waals surface area contributed by atoms with Crippen LogP contribution in [-0.2, 0) is 14.8 Å². The summed E-state index contributed by atoms with van der Waals surface area (Å²) in [5, 5.41) is 0. The first-order valence-corrected chi connectivity index (χ1v) is 6.79. The van der Waals surface area contributed by atoms with E-state index in [0.717, 1.165) is 0 Å². The Morgan fingerprint density at radius 3 is 2.39 bits per heavy atom. The number of nitrogen functional groups attached to an aromatic ring is 1. The van der Waals surface area contributed by atoms with Gasteiger partial charge in [-0.2, -0.15) is 0 Å². The number of nitrogens with two attached hydrogens (primary N) is 2. The third-order valence-electron chi connectivity index (χ3n) is 2.58. The highest BCUT2D eigenvalue weighted by molar-refractivity contribution is 7.89. The van der Waals surface area contributed by atoms with Crippen molar-refractivity contribution in [2.75, 3.05) is 12.3 Å². The molecule has 0 aliphatic carbocycles. The molecule has 0 atom stereocenters. The molecule has 1 aromatic carbocycles. The number of rotatable bonds is 5. The summed E-state index contributed by atoms with van der Waals surface area (Å²) in [6.45, 7) is 3.04. The van der Waals surface area contributed by atoms with Gasteiger partial charge in [-0.1, -0.05) is 12.1 Å². The van der Waals surface area contributed by atoms with Crippen LogP contribution in [0.3, 0.4) is 0 Å². The zero-order chi connectivity index (χ0) is 14.0. The van der Waals surface area contributed by atoms with E-state index in [2.05, 4.69) is 4.72 Å². The molecule has 6 nitrogen and oxygen atoms in total. The Labute approximate surface area is 106 Å². The summed E-state index contributed by atoms with van der Waals surface area (Å²) >= 11 is 0. The fourth-order valence-corrected chi connectivity index (χ4v) is 2.51. The minimum absolute atomic E-state index is 0.00901. The van der Waals surface area contributed by atoms with E-state index in [0.29, 0.717) is 0 Å². The molecule has 1 aromatic rings. The number of hydrogen-bond acceptors (Lipinski definition) is 4. The first-order chi connectivity index (χ1) is 8.17. The minimum atomic E-state index is -3.74. The highest BCUT2D eigenvalue weighted by Crippen LogP contribution is 2.19. The molecule has 0 saturated carbocycles. The van der Waals surface area contributed by atoms with E-state index in [1.54, 1.807) is 26.0 Å². The van der Waals surface area contributed by atoms with Crippen molar-refractivity contribution in [2.45, 2.75) is 18.7 Å². The Balaban J connectivity index is 2.92. The number of carbonyl (C=O) groups is 1. The van der Waals surface area contributed by atoms with Gasteiger partial charge in [-0.3, -0.25) is 4.79 Å². The van der Waals surface area contributed by atoms with Gasteiger partial charge in [-0.15, -0.1) is 0 Å². The van der Waals surface area contributed by atoms with Crippen molar-refractivity contribution in [3.63, 3.8) is 0 Å². The van der Waals surface area contributed by atoms with Gasteiger partial charge in [-0.25, -0.2) is 13.1 Å². The summed E-state index contributed by atoms with van der Waals surface area (Å²) in [4.78, 5) is 11.1. The highest BCUT2D eigenvalue weighted by atomic mass is 32.2. The van der Waals surface area contributed by atoms with Crippen molar-refractivity contribution in [1.82, 2.24) is 4.72 Å². The minimum Gasteiger partial charge on any atom is -0.398 e. The Bertz CT molecular complexity index is 552. The van der Waals surface area contributed by atoms with Gasteiger partial charge in [0.05, 0.1) is 11.1 Å². The van der Waals surface area contributed by atoms with Crippen LogP contribution < -0.4 is 16.2 Å². The van der Waals surface area contributed by atoms with Gasteiger partial charge in [0.25, 0.3) is 0 Å². The second-order valence-corrected chi connectivity index (χ2v) is 6.35. The number of primary amides is 1. The normalized spacial score (nSPS) is 12.3. The van der Waals surface area contributed by atoms with Crippen LogP contribution in [0.2, 0.25) is 0 Å². The quantitative estimate of drug-likeness (QED) is 0.657. The number of carbonyl (C=O) groups excluding carboxylic acids is 1. The number of amides is 1. The van der Waals surface area contributed by atoms with Crippen molar-refractivity contribution in [3.8, 4) is 0 Å². The van der Waals surface area contributed by atoms with Gasteiger partial charge in [0.1, 0.15) is 4.90 Å². The van der Waals surface area contributed by atoms with Crippen LogP contribution in [0.1, 0.15) is 13.8 Å². The lowest BCUT2D eigenvalue weighted by Crippen LogP contribution is -2.42. The standard InChI is InChI=1S/C11H17N3O3S/c1-11(2,10(13)15)7-14-18(16,17)9-6-4-3-5-8(9)12/h3-6,14H,7,12H2,1-2H3,(H2,13,15). The van der Waals surface area contributed by atoms with Gasteiger partial charge < -0.3 is 11.5 Å². The number of para-hydroxylation sites is 1. The van der Waals surface area contributed by atoms with E-state index in [1.807, 2.05) is 0 Å². The Hall–Kier alpha value is -1.60. The number of benzene rings is 1. The Morgan fingerprint density at radius 2 is 1.89 bits per heavy atom.